The fourth-order valence-corrected chi connectivity index (χ4v) is 4.96. The maximum atomic E-state index is 13.8. The molecule has 166 valence electrons. The number of nitrogens with zero attached hydrogens (tertiary/aromatic N) is 1. The van der Waals surface area contributed by atoms with Gasteiger partial charge in [-0.15, -0.1) is 0 Å². The Morgan fingerprint density at radius 3 is 2.36 bits per heavy atom. The Bertz CT molecular complexity index is 1230. The number of hydrogen-bond acceptors (Lipinski definition) is 3. The van der Waals surface area contributed by atoms with Gasteiger partial charge in [0.25, 0.3) is 0 Å². The number of amides is 1. The smallest absolute Gasteiger partial charge is 0.227 e. The van der Waals surface area contributed by atoms with Crippen molar-refractivity contribution in [3.63, 3.8) is 0 Å². The largest absolute Gasteiger partial charge is 0.357 e. The summed E-state index contributed by atoms with van der Waals surface area (Å²) in [6.45, 7) is 1.81. The minimum Gasteiger partial charge on any atom is -0.357 e. The van der Waals surface area contributed by atoms with Crippen LogP contribution in [0.25, 0.3) is 0 Å². The Morgan fingerprint density at radius 2 is 1.64 bits per heavy atom. The number of allylic oxidation sites excluding steroid dienone is 1. The summed E-state index contributed by atoms with van der Waals surface area (Å²) in [7, 11) is 0. The lowest BCUT2D eigenvalue weighted by Gasteiger charge is -2.35. The van der Waals surface area contributed by atoms with Crippen LogP contribution in [0, 0.1) is 5.82 Å². The van der Waals surface area contributed by atoms with Gasteiger partial charge in [-0.25, -0.2) is 4.39 Å². The van der Waals surface area contributed by atoms with Crippen LogP contribution in [-0.2, 0) is 9.59 Å². The molecule has 0 unspecified atom stereocenters. The summed E-state index contributed by atoms with van der Waals surface area (Å²) < 4.78 is 13.8. The van der Waals surface area contributed by atoms with Gasteiger partial charge in [-0.3, -0.25) is 14.5 Å². The quantitative estimate of drug-likeness (QED) is 0.532. The van der Waals surface area contributed by atoms with Crippen molar-refractivity contribution in [1.29, 1.82) is 0 Å². The summed E-state index contributed by atoms with van der Waals surface area (Å²) in [5, 5.41) is 3.50. The van der Waals surface area contributed by atoms with Gasteiger partial charge in [0.2, 0.25) is 5.91 Å². The highest BCUT2D eigenvalue weighted by Crippen LogP contribution is 2.47. The minimum atomic E-state index is -0.617. The Hall–Kier alpha value is -3.73. The van der Waals surface area contributed by atoms with E-state index in [0.29, 0.717) is 18.4 Å². The average molecular weight is 441 g/mol. The van der Waals surface area contributed by atoms with Crippen LogP contribution in [0.5, 0.6) is 0 Å². The molecule has 0 spiro atoms. The first-order chi connectivity index (χ1) is 16.1. The number of hydrogen-bond donors (Lipinski definition) is 1. The van der Waals surface area contributed by atoms with E-state index in [2.05, 4.69) is 17.4 Å². The first kappa shape index (κ1) is 21.1. The second-order valence-corrected chi connectivity index (χ2v) is 8.54. The van der Waals surface area contributed by atoms with Gasteiger partial charge in [0.05, 0.1) is 17.4 Å². The van der Waals surface area contributed by atoms with Crippen molar-refractivity contribution < 1.29 is 14.0 Å². The molecule has 1 N–H and O–H groups in total. The van der Waals surface area contributed by atoms with Gasteiger partial charge >= 0.3 is 0 Å². The molecular weight excluding hydrogens is 415 g/mol. The number of carbonyl (C=O) groups is 2. The number of para-hydroxylation sites is 2. The molecule has 0 fully saturated rings. The Labute approximate surface area is 192 Å². The third-order valence-electron chi connectivity index (χ3n) is 6.52. The van der Waals surface area contributed by atoms with E-state index in [-0.39, 0.29) is 29.8 Å². The van der Waals surface area contributed by atoms with Crippen LogP contribution in [0.15, 0.2) is 90.1 Å². The third kappa shape index (κ3) is 3.84. The number of carbonyl (C=O) groups excluding carboxylic acids is 2. The fourth-order valence-electron chi connectivity index (χ4n) is 4.96. The van der Waals surface area contributed by atoms with E-state index in [9.17, 15) is 14.0 Å². The topological polar surface area (TPSA) is 49.4 Å². The highest BCUT2D eigenvalue weighted by molar-refractivity contribution is 6.06. The molecule has 3 aromatic rings. The van der Waals surface area contributed by atoms with Crippen LogP contribution in [0.3, 0.4) is 0 Å². The van der Waals surface area contributed by atoms with Gasteiger partial charge in [-0.1, -0.05) is 61.5 Å². The summed E-state index contributed by atoms with van der Waals surface area (Å²) in [4.78, 5) is 28.7. The van der Waals surface area contributed by atoms with Gasteiger partial charge in [0, 0.05) is 24.1 Å². The normalized spacial score (nSPS) is 19.9. The van der Waals surface area contributed by atoms with E-state index in [0.717, 1.165) is 28.2 Å². The number of ketones is 1. The van der Waals surface area contributed by atoms with Gasteiger partial charge < -0.3 is 5.32 Å². The Kier molecular flexibility index (Phi) is 5.55. The van der Waals surface area contributed by atoms with Crippen molar-refractivity contribution in [2.45, 2.75) is 38.1 Å². The van der Waals surface area contributed by atoms with Crippen molar-refractivity contribution in [1.82, 2.24) is 0 Å². The summed E-state index contributed by atoms with van der Waals surface area (Å²) in [6, 6.07) is 23.2. The van der Waals surface area contributed by atoms with Crippen LogP contribution in [0.4, 0.5) is 15.8 Å². The molecule has 1 heterocycles. The zero-order valence-corrected chi connectivity index (χ0v) is 18.4. The average Bonchev–Trinajstić information content (AvgIpc) is 2.99. The predicted octanol–water partition coefficient (Wildman–Crippen LogP) is 6.14. The fraction of sp³-hybridized carbons (Fsp3) is 0.214. The van der Waals surface area contributed by atoms with Gasteiger partial charge in [0.15, 0.2) is 5.78 Å². The number of benzene rings is 3. The van der Waals surface area contributed by atoms with Crippen LogP contribution in [0.2, 0.25) is 0 Å². The third-order valence-corrected chi connectivity index (χ3v) is 6.52. The molecule has 4 nitrogen and oxygen atoms in total. The number of fused-ring (bicyclic) bond motifs is 1. The molecule has 0 saturated carbocycles. The van der Waals surface area contributed by atoms with Crippen molar-refractivity contribution in [2.24, 2.45) is 0 Å². The summed E-state index contributed by atoms with van der Waals surface area (Å²) in [6.07, 6.45) is 1.31. The van der Waals surface area contributed by atoms with E-state index in [1.54, 1.807) is 17.0 Å². The van der Waals surface area contributed by atoms with Crippen molar-refractivity contribution in [3.8, 4) is 0 Å². The molecular formula is C28H25FN2O2. The van der Waals surface area contributed by atoms with E-state index in [1.807, 2.05) is 49.4 Å². The second kappa shape index (κ2) is 8.66. The zero-order chi connectivity index (χ0) is 22.9. The number of anilines is 2. The molecule has 0 bridgehead atoms. The van der Waals surface area contributed by atoms with Crippen LogP contribution < -0.4 is 10.2 Å². The highest BCUT2D eigenvalue weighted by Gasteiger charge is 2.41. The van der Waals surface area contributed by atoms with Crippen LogP contribution >= 0.6 is 0 Å². The number of nitrogens with one attached hydrogen (secondary N) is 1. The molecule has 1 aliphatic heterocycles. The van der Waals surface area contributed by atoms with Gasteiger partial charge in [0.1, 0.15) is 5.82 Å². The van der Waals surface area contributed by atoms with Crippen LogP contribution in [-0.4, -0.2) is 11.7 Å². The molecule has 0 saturated heterocycles. The highest BCUT2D eigenvalue weighted by atomic mass is 19.1. The summed E-state index contributed by atoms with van der Waals surface area (Å²) >= 11 is 0. The molecule has 5 rings (SSSR count). The lowest BCUT2D eigenvalue weighted by Crippen LogP contribution is -2.38. The monoisotopic (exact) mass is 440 g/mol. The number of halogens is 1. The first-order valence-electron chi connectivity index (χ1n) is 11.3. The molecule has 3 aromatic carbocycles. The molecule has 1 aliphatic carbocycles. The SMILES string of the molecule is CCC(=O)N1c2ccccc2NC2=C(C(=O)C[C@@H](c3ccccc3)C2)[C@H]1c1ccc(F)cc1. The van der Waals surface area contributed by atoms with E-state index in [4.69, 9.17) is 0 Å². The van der Waals surface area contributed by atoms with E-state index < -0.39 is 6.04 Å². The second-order valence-electron chi connectivity index (χ2n) is 8.54. The molecule has 0 radical (unpaired) electrons. The Morgan fingerprint density at radius 1 is 0.939 bits per heavy atom. The molecule has 2 atom stereocenters. The van der Waals surface area contributed by atoms with E-state index in [1.165, 1.54) is 12.1 Å². The zero-order valence-electron chi connectivity index (χ0n) is 18.4. The maximum absolute atomic E-state index is 13.8. The molecule has 33 heavy (non-hydrogen) atoms. The van der Waals surface area contributed by atoms with Gasteiger partial charge in [-0.2, -0.15) is 0 Å². The molecule has 5 heteroatoms. The van der Waals surface area contributed by atoms with Crippen molar-refractivity contribution in [2.75, 3.05) is 10.2 Å². The van der Waals surface area contributed by atoms with Gasteiger partial charge in [-0.05, 0) is 47.7 Å². The first-order valence-corrected chi connectivity index (χ1v) is 11.3. The number of Topliss-reactive ketones (excluding diaryl/α,β-unsaturated/α-hetero) is 1. The predicted molar refractivity (Wildman–Crippen MR) is 127 cm³/mol. The standard InChI is InChI=1S/C28H25FN2O2/c1-2-26(33)31-24-11-7-6-10-22(24)30-23-16-20(18-8-4-3-5-9-18)17-25(32)27(23)28(31)19-12-14-21(29)15-13-19/h3-15,20,28,30H,2,16-17H2,1H3/t20-,28+/m0/s1. The Balaban J connectivity index is 1.71. The lowest BCUT2D eigenvalue weighted by atomic mass is 9.78. The molecule has 1 amide bonds. The summed E-state index contributed by atoms with van der Waals surface area (Å²) in [5.74, 6) is -0.383. The molecule has 2 aliphatic rings. The van der Waals surface area contributed by atoms with Crippen molar-refractivity contribution >= 4 is 23.1 Å². The minimum absolute atomic E-state index is 0.00800. The van der Waals surface area contributed by atoms with Crippen LogP contribution in [0.1, 0.15) is 49.3 Å². The van der Waals surface area contributed by atoms with Crippen molar-refractivity contribution in [3.05, 3.63) is 107 Å². The summed E-state index contributed by atoms with van der Waals surface area (Å²) in [5.41, 5.74) is 4.77. The number of rotatable bonds is 3. The maximum Gasteiger partial charge on any atom is 0.227 e. The lowest BCUT2D eigenvalue weighted by molar-refractivity contribution is -0.119. The van der Waals surface area contributed by atoms with E-state index >= 15 is 0 Å². The molecule has 0 aromatic heterocycles.